The lowest BCUT2D eigenvalue weighted by atomic mass is 10.3. The number of para-hydroxylation sites is 1. The van der Waals surface area contributed by atoms with Gasteiger partial charge in [-0.25, -0.2) is 0 Å². The van der Waals surface area contributed by atoms with Crippen LogP contribution in [0.25, 0.3) is 0 Å². The van der Waals surface area contributed by atoms with Gasteiger partial charge in [-0.15, -0.1) is 0 Å². The molecule has 0 aromatic heterocycles. The second-order valence-electron chi connectivity index (χ2n) is 8.48. The summed E-state index contributed by atoms with van der Waals surface area (Å²) in [7, 11) is 0. The van der Waals surface area contributed by atoms with Crippen LogP contribution in [0.5, 0.6) is 11.5 Å². The molecule has 0 unspecified atom stereocenters. The van der Waals surface area contributed by atoms with Crippen molar-refractivity contribution in [3.05, 3.63) is 54.6 Å². The number of nitrogens with zero attached hydrogens (tertiary/aromatic N) is 3. The normalized spacial score (nSPS) is 17.7. The molecule has 2 aliphatic heterocycles. The number of benzene rings is 2. The number of rotatable bonds is 7. The van der Waals surface area contributed by atoms with Crippen LogP contribution in [0.1, 0.15) is 19.3 Å². The van der Waals surface area contributed by atoms with E-state index in [-0.39, 0.29) is 11.8 Å². The zero-order valence-corrected chi connectivity index (χ0v) is 18.5. The van der Waals surface area contributed by atoms with E-state index in [4.69, 9.17) is 4.74 Å². The van der Waals surface area contributed by atoms with Crippen molar-refractivity contribution >= 4 is 17.5 Å². The van der Waals surface area contributed by atoms with Crippen molar-refractivity contribution in [2.45, 2.75) is 19.3 Å². The van der Waals surface area contributed by atoms with Crippen LogP contribution in [0.15, 0.2) is 54.6 Å². The Balaban J connectivity index is 1.23. The quantitative estimate of drug-likeness (QED) is 0.723. The van der Waals surface area contributed by atoms with Crippen molar-refractivity contribution in [2.75, 3.05) is 57.7 Å². The second kappa shape index (κ2) is 11.1. The minimum atomic E-state index is -0.0385. The van der Waals surface area contributed by atoms with E-state index in [0.717, 1.165) is 70.0 Å². The van der Waals surface area contributed by atoms with Crippen LogP contribution in [0.2, 0.25) is 0 Å². The number of likely N-dealkylation sites (tertiary alicyclic amines) is 1. The molecule has 7 heteroatoms. The van der Waals surface area contributed by atoms with Crippen molar-refractivity contribution in [3.63, 3.8) is 0 Å². The first-order chi connectivity index (χ1) is 15.7. The molecule has 0 saturated carbocycles. The van der Waals surface area contributed by atoms with E-state index in [1.54, 1.807) is 0 Å². The van der Waals surface area contributed by atoms with Crippen LogP contribution in [0.3, 0.4) is 0 Å². The van der Waals surface area contributed by atoms with Crippen molar-refractivity contribution in [1.82, 2.24) is 14.7 Å². The van der Waals surface area contributed by atoms with Crippen LogP contribution in [-0.2, 0) is 9.59 Å². The fourth-order valence-electron chi connectivity index (χ4n) is 4.26. The van der Waals surface area contributed by atoms with E-state index in [1.807, 2.05) is 59.5 Å². The van der Waals surface area contributed by atoms with Gasteiger partial charge in [-0.2, -0.15) is 0 Å². The molecule has 2 fully saturated rings. The van der Waals surface area contributed by atoms with Gasteiger partial charge in [-0.1, -0.05) is 24.3 Å². The Kier molecular flexibility index (Phi) is 7.74. The minimum Gasteiger partial charge on any atom is -0.457 e. The number of hydrogen-bond acceptors (Lipinski definition) is 5. The van der Waals surface area contributed by atoms with Gasteiger partial charge >= 0.3 is 0 Å². The number of carbonyl (C=O) groups is 2. The molecule has 2 amide bonds. The highest BCUT2D eigenvalue weighted by Crippen LogP contribution is 2.23. The molecule has 0 aliphatic carbocycles. The summed E-state index contributed by atoms with van der Waals surface area (Å²) in [6.45, 7) is 6.00. The van der Waals surface area contributed by atoms with Crippen molar-refractivity contribution in [2.24, 2.45) is 0 Å². The largest absolute Gasteiger partial charge is 0.457 e. The van der Waals surface area contributed by atoms with Gasteiger partial charge in [-0.05, 0) is 56.6 Å². The van der Waals surface area contributed by atoms with Gasteiger partial charge in [0.1, 0.15) is 11.5 Å². The number of nitrogens with one attached hydrogen (secondary N) is 1. The molecule has 2 aromatic carbocycles. The fourth-order valence-corrected chi connectivity index (χ4v) is 4.26. The monoisotopic (exact) mass is 436 g/mol. The molecule has 4 rings (SSSR count). The van der Waals surface area contributed by atoms with Crippen molar-refractivity contribution in [1.29, 1.82) is 0 Å². The Hall–Kier alpha value is -2.90. The summed E-state index contributed by atoms with van der Waals surface area (Å²) in [4.78, 5) is 31.4. The van der Waals surface area contributed by atoms with E-state index in [0.29, 0.717) is 18.8 Å². The summed E-state index contributed by atoms with van der Waals surface area (Å²) < 4.78 is 5.85. The topological polar surface area (TPSA) is 65.1 Å². The molecule has 1 N–H and O–H groups in total. The highest BCUT2D eigenvalue weighted by atomic mass is 16.5. The minimum absolute atomic E-state index is 0.0385. The molecule has 0 spiro atoms. The average Bonchev–Trinajstić information content (AvgIpc) is 3.25. The highest BCUT2D eigenvalue weighted by molar-refractivity contribution is 5.92. The standard InChI is InChI=1S/C25H32N4O3/c30-24(26-21-8-6-11-23(18-21)32-22-9-2-1-3-10-22)19-27-12-7-13-28(17-16-27)20-25(31)29-14-4-5-15-29/h1-3,6,8-11,18H,4-5,7,12-17,19-20H2,(H,26,30). The van der Waals surface area contributed by atoms with Crippen molar-refractivity contribution < 1.29 is 14.3 Å². The fraction of sp³-hybridized carbons (Fsp3) is 0.440. The van der Waals surface area contributed by atoms with Gasteiger partial charge in [0.15, 0.2) is 0 Å². The number of ether oxygens (including phenoxy) is 1. The van der Waals surface area contributed by atoms with E-state index in [2.05, 4.69) is 15.1 Å². The number of carbonyl (C=O) groups excluding carboxylic acids is 2. The van der Waals surface area contributed by atoms with Gasteiger partial charge in [-0.3, -0.25) is 19.4 Å². The Morgan fingerprint density at radius 3 is 2.19 bits per heavy atom. The zero-order valence-electron chi connectivity index (χ0n) is 18.5. The summed E-state index contributed by atoms with van der Waals surface area (Å²) in [6, 6.07) is 17.0. The molecule has 7 nitrogen and oxygen atoms in total. The molecule has 0 bridgehead atoms. The van der Waals surface area contributed by atoms with Crippen LogP contribution in [-0.4, -0.2) is 78.9 Å². The first-order valence-electron chi connectivity index (χ1n) is 11.5. The molecule has 2 aromatic rings. The molecule has 2 saturated heterocycles. The molecule has 2 aliphatic rings. The van der Waals surface area contributed by atoms with Crippen LogP contribution in [0.4, 0.5) is 5.69 Å². The third kappa shape index (κ3) is 6.55. The van der Waals surface area contributed by atoms with E-state index in [9.17, 15) is 9.59 Å². The molecule has 32 heavy (non-hydrogen) atoms. The van der Waals surface area contributed by atoms with Crippen LogP contribution in [0, 0.1) is 0 Å². The molecule has 170 valence electrons. The summed E-state index contributed by atoms with van der Waals surface area (Å²) in [5.41, 5.74) is 0.719. The molecule has 2 heterocycles. The highest BCUT2D eigenvalue weighted by Gasteiger charge is 2.23. The van der Waals surface area contributed by atoms with E-state index < -0.39 is 0 Å². The predicted octanol–water partition coefficient (Wildman–Crippen LogP) is 3.05. The summed E-state index contributed by atoms with van der Waals surface area (Å²) in [6.07, 6.45) is 3.20. The van der Waals surface area contributed by atoms with Gasteiger partial charge in [0.2, 0.25) is 11.8 Å². The van der Waals surface area contributed by atoms with Crippen LogP contribution < -0.4 is 10.1 Å². The Bertz CT molecular complexity index is 899. The summed E-state index contributed by atoms with van der Waals surface area (Å²) >= 11 is 0. The lowest BCUT2D eigenvalue weighted by molar-refractivity contribution is -0.131. The molecule has 0 atom stereocenters. The number of hydrogen-bond donors (Lipinski definition) is 1. The lowest BCUT2D eigenvalue weighted by Gasteiger charge is -2.23. The third-order valence-corrected chi connectivity index (χ3v) is 5.96. The summed E-state index contributed by atoms with van der Waals surface area (Å²) in [5, 5.41) is 2.98. The predicted molar refractivity (Wildman–Crippen MR) is 125 cm³/mol. The smallest absolute Gasteiger partial charge is 0.238 e. The second-order valence-corrected chi connectivity index (χ2v) is 8.48. The molecular formula is C25H32N4O3. The Morgan fingerprint density at radius 2 is 1.44 bits per heavy atom. The average molecular weight is 437 g/mol. The molecule has 0 radical (unpaired) electrons. The van der Waals surface area contributed by atoms with Crippen LogP contribution >= 0.6 is 0 Å². The van der Waals surface area contributed by atoms with Gasteiger partial charge in [0.25, 0.3) is 0 Å². The van der Waals surface area contributed by atoms with Gasteiger partial charge in [0, 0.05) is 37.9 Å². The Morgan fingerprint density at radius 1 is 0.750 bits per heavy atom. The maximum atomic E-state index is 12.6. The third-order valence-electron chi connectivity index (χ3n) is 5.96. The van der Waals surface area contributed by atoms with E-state index >= 15 is 0 Å². The first kappa shape index (κ1) is 22.3. The number of anilines is 1. The summed E-state index contributed by atoms with van der Waals surface area (Å²) in [5.74, 6) is 1.64. The first-order valence-corrected chi connectivity index (χ1v) is 11.5. The Labute approximate surface area is 189 Å². The zero-order chi connectivity index (χ0) is 22.2. The van der Waals surface area contributed by atoms with Crippen molar-refractivity contribution in [3.8, 4) is 11.5 Å². The number of amides is 2. The van der Waals surface area contributed by atoms with E-state index in [1.165, 1.54) is 0 Å². The molecular weight excluding hydrogens is 404 g/mol. The maximum Gasteiger partial charge on any atom is 0.238 e. The van der Waals surface area contributed by atoms with Gasteiger partial charge < -0.3 is 15.0 Å². The SMILES string of the molecule is O=C(CN1CCCN(CC(=O)N2CCCC2)CC1)Nc1cccc(Oc2ccccc2)c1. The lowest BCUT2D eigenvalue weighted by Crippen LogP contribution is -2.41. The maximum absolute atomic E-state index is 12.6. The van der Waals surface area contributed by atoms with Gasteiger partial charge in [0.05, 0.1) is 13.1 Å².